The molecule has 2 aromatic heterocycles. The van der Waals surface area contributed by atoms with Crippen molar-refractivity contribution in [2.75, 3.05) is 6.61 Å². The molecule has 3 rings (SSSR count). The van der Waals surface area contributed by atoms with E-state index in [1.807, 2.05) is 24.3 Å². The van der Waals surface area contributed by atoms with Crippen LogP contribution >= 0.6 is 11.3 Å². The summed E-state index contributed by atoms with van der Waals surface area (Å²) in [6.45, 7) is 5.86. The number of aryl methyl sites for hydroxylation is 1. The monoisotopic (exact) mass is 285 g/mol. The molecule has 0 spiro atoms. The Kier molecular flexibility index (Phi) is 3.79. The van der Waals surface area contributed by atoms with Crippen LogP contribution in [0.5, 0.6) is 5.75 Å². The zero-order chi connectivity index (χ0) is 13.9. The zero-order valence-electron chi connectivity index (χ0n) is 11.9. The van der Waals surface area contributed by atoms with Gasteiger partial charge in [-0.2, -0.15) is 0 Å². The Labute approximate surface area is 123 Å². The van der Waals surface area contributed by atoms with E-state index in [9.17, 15) is 0 Å². The summed E-state index contributed by atoms with van der Waals surface area (Å²) in [5, 5.41) is 1.20. The Morgan fingerprint density at radius 2 is 1.90 bits per heavy atom. The van der Waals surface area contributed by atoms with Crippen LogP contribution in [0.4, 0.5) is 0 Å². The highest BCUT2D eigenvalue weighted by atomic mass is 32.1. The lowest BCUT2D eigenvalue weighted by Gasteiger charge is -2.07. The first-order chi connectivity index (χ1) is 9.81. The Bertz CT molecular complexity index is 711. The normalized spacial score (nSPS) is 11.1. The van der Waals surface area contributed by atoms with Crippen molar-refractivity contribution in [1.82, 2.24) is 4.57 Å². The lowest BCUT2D eigenvalue weighted by Crippen LogP contribution is -1.96. The number of aromatic nitrogens is 1. The maximum absolute atomic E-state index is 5.69. The third-order valence-corrected chi connectivity index (χ3v) is 4.68. The van der Waals surface area contributed by atoms with Crippen molar-refractivity contribution in [1.29, 1.82) is 0 Å². The summed E-state index contributed by atoms with van der Waals surface area (Å²) < 4.78 is 7.99. The van der Waals surface area contributed by atoms with Crippen LogP contribution in [0.3, 0.4) is 0 Å². The Morgan fingerprint density at radius 1 is 1.05 bits per heavy atom. The molecule has 0 bridgehead atoms. The second-order valence-electron chi connectivity index (χ2n) is 4.79. The summed E-state index contributed by atoms with van der Waals surface area (Å²) in [6.07, 6.45) is 3.27. The molecule has 0 atom stereocenters. The van der Waals surface area contributed by atoms with Gasteiger partial charge in [-0.3, -0.25) is 0 Å². The van der Waals surface area contributed by atoms with Crippen molar-refractivity contribution in [2.24, 2.45) is 0 Å². The second kappa shape index (κ2) is 5.71. The topological polar surface area (TPSA) is 14.2 Å². The Morgan fingerprint density at radius 3 is 2.65 bits per heavy atom. The summed E-state index contributed by atoms with van der Waals surface area (Å²) in [5.74, 6) is 0.976. The predicted molar refractivity (Wildman–Crippen MR) is 85.9 cm³/mol. The van der Waals surface area contributed by atoms with Gasteiger partial charge in [0.15, 0.2) is 0 Å². The molecular formula is C17H19NOS. The highest BCUT2D eigenvalue weighted by Crippen LogP contribution is 2.28. The third-order valence-electron chi connectivity index (χ3n) is 3.47. The minimum Gasteiger partial charge on any atom is -0.493 e. The first-order valence-corrected chi connectivity index (χ1v) is 7.91. The number of rotatable bonds is 5. The van der Waals surface area contributed by atoms with Crippen LogP contribution in [0, 0.1) is 0 Å². The molecule has 0 aliphatic rings. The maximum Gasteiger partial charge on any atom is 0.128 e. The van der Waals surface area contributed by atoms with Crippen molar-refractivity contribution in [3.8, 4) is 5.75 Å². The van der Waals surface area contributed by atoms with E-state index >= 15 is 0 Å². The lowest BCUT2D eigenvalue weighted by molar-refractivity contribution is 0.344. The molecule has 3 heteroatoms. The fourth-order valence-corrected chi connectivity index (χ4v) is 3.44. The van der Waals surface area contributed by atoms with Gasteiger partial charge in [-0.25, -0.2) is 0 Å². The standard InChI is InChI=1S/C17H19NOS/c1-3-13-8-9-14(20-13)12-18-11-10-15-16(18)6-5-7-17(15)19-4-2/h5-11H,3-4,12H2,1-2H3. The van der Waals surface area contributed by atoms with Crippen LogP contribution in [-0.2, 0) is 13.0 Å². The van der Waals surface area contributed by atoms with E-state index < -0.39 is 0 Å². The first-order valence-electron chi connectivity index (χ1n) is 7.10. The van der Waals surface area contributed by atoms with E-state index in [1.54, 1.807) is 0 Å². The Hall–Kier alpha value is -1.74. The molecule has 1 aromatic carbocycles. The number of nitrogens with zero attached hydrogens (tertiary/aromatic N) is 1. The number of benzene rings is 1. The maximum atomic E-state index is 5.69. The SMILES string of the molecule is CCOc1cccc2c1ccn2Cc1ccc(CC)s1. The molecule has 0 radical (unpaired) electrons. The van der Waals surface area contributed by atoms with Gasteiger partial charge >= 0.3 is 0 Å². The quantitative estimate of drug-likeness (QED) is 0.662. The van der Waals surface area contributed by atoms with Crippen molar-refractivity contribution in [3.05, 3.63) is 52.3 Å². The van der Waals surface area contributed by atoms with Gasteiger partial charge in [0.25, 0.3) is 0 Å². The van der Waals surface area contributed by atoms with Gasteiger partial charge in [0, 0.05) is 21.3 Å². The van der Waals surface area contributed by atoms with Crippen LogP contribution in [0.15, 0.2) is 42.6 Å². The fourth-order valence-electron chi connectivity index (χ4n) is 2.48. The molecule has 0 amide bonds. The summed E-state index contributed by atoms with van der Waals surface area (Å²) in [5.41, 5.74) is 1.24. The molecule has 0 saturated heterocycles. The van der Waals surface area contributed by atoms with E-state index in [1.165, 1.54) is 20.7 Å². The highest BCUT2D eigenvalue weighted by molar-refractivity contribution is 7.11. The van der Waals surface area contributed by atoms with Crippen LogP contribution in [0.1, 0.15) is 23.6 Å². The molecule has 2 nitrogen and oxygen atoms in total. The van der Waals surface area contributed by atoms with Crippen molar-refractivity contribution >= 4 is 22.2 Å². The number of hydrogen-bond donors (Lipinski definition) is 0. The third kappa shape index (κ3) is 2.46. The Balaban J connectivity index is 1.94. The molecule has 0 unspecified atom stereocenters. The molecule has 104 valence electrons. The average molecular weight is 285 g/mol. The largest absolute Gasteiger partial charge is 0.493 e. The predicted octanol–water partition coefficient (Wildman–Crippen LogP) is 4.71. The molecular weight excluding hydrogens is 266 g/mol. The summed E-state index contributed by atoms with van der Waals surface area (Å²) in [6, 6.07) is 12.9. The minimum absolute atomic E-state index is 0.703. The molecule has 3 aromatic rings. The smallest absolute Gasteiger partial charge is 0.128 e. The van der Waals surface area contributed by atoms with Crippen molar-refractivity contribution in [2.45, 2.75) is 26.8 Å². The van der Waals surface area contributed by atoms with E-state index in [2.05, 4.69) is 48.0 Å². The van der Waals surface area contributed by atoms with E-state index in [0.29, 0.717) is 6.61 Å². The van der Waals surface area contributed by atoms with Crippen LogP contribution in [-0.4, -0.2) is 11.2 Å². The minimum atomic E-state index is 0.703. The zero-order valence-corrected chi connectivity index (χ0v) is 12.7. The highest BCUT2D eigenvalue weighted by Gasteiger charge is 2.07. The van der Waals surface area contributed by atoms with Crippen LogP contribution in [0.25, 0.3) is 10.9 Å². The van der Waals surface area contributed by atoms with E-state index in [-0.39, 0.29) is 0 Å². The number of thiophene rings is 1. The van der Waals surface area contributed by atoms with Gasteiger partial charge < -0.3 is 9.30 Å². The summed E-state index contributed by atoms with van der Waals surface area (Å²) in [4.78, 5) is 2.85. The van der Waals surface area contributed by atoms with Crippen LogP contribution in [0.2, 0.25) is 0 Å². The van der Waals surface area contributed by atoms with Crippen molar-refractivity contribution < 1.29 is 4.74 Å². The van der Waals surface area contributed by atoms with E-state index in [0.717, 1.165) is 18.7 Å². The van der Waals surface area contributed by atoms with Gasteiger partial charge in [-0.1, -0.05) is 13.0 Å². The average Bonchev–Trinajstić information content (AvgIpc) is 3.08. The summed E-state index contributed by atoms with van der Waals surface area (Å²) in [7, 11) is 0. The fraction of sp³-hybridized carbons (Fsp3) is 0.294. The molecule has 0 saturated carbocycles. The van der Waals surface area contributed by atoms with Gasteiger partial charge in [-0.05, 0) is 43.7 Å². The molecule has 2 heterocycles. The molecule has 0 aliphatic heterocycles. The second-order valence-corrected chi connectivity index (χ2v) is 6.04. The van der Waals surface area contributed by atoms with Crippen molar-refractivity contribution in [3.63, 3.8) is 0 Å². The van der Waals surface area contributed by atoms with Gasteiger partial charge in [-0.15, -0.1) is 11.3 Å². The number of ether oxygens (including phenoxy) is 1. The molecule has 20 heavy (non-hydrogen) atoms. The molecule has 0 N–H and O–H groups in total. The van der Waals surface area contributed by atoms with E-state index in [4.69, 9.17) is 4.74 Å². The number of fused-ring (bicyclic) bond motifs is 1. The molecule has 0 aliphatic carbocycles. The van der Waals surface area contributed by atoms with Gasteiger partial charge in [0.2, 0.25) is 0 Å². The van der Waals surface area contributed by atoms with Gasteiger partial charge in [0.1, 0.15) is 5.75 Å². The van der Waals surface area contributed by atoms with Gasteiger partial charge in [0.05, 0.1) is 18.7 Å². The first kappa shape index (κ1) is 13.3. The summed E-state index contributed by atoms with van der Waals surface area (Å²) >= 11 is 1.90. The lowest BCUT2D eigenvalue weighted by atomic mass is 10.2. The molecule has 0 fully saturated rings. The van der Waals surface area contributed by atoms with Crippen LogP contribution < -0.4 is 4.74 Å². The number of hydrogen-bond acceptors (Lipinski definition) is 2.